The molecule has 0 aliphatic rings. The van der Waals surface area contributed by atoms with Crippen molar-refractivity contribution >= 4 is 17.6 Å². The van der Waals surface area contributed by atoms with Gasteiger partial charge in [-0.25, -0.2) is 4.79 Å². The molecule has 0 atom stereocenters. The van der Waals surface area contributed by atoms with Crippen LogP contribution in [-0.2, 0) is 4.79 Å². The second-order valence-corrected chi connectivity index (χ2v) is 3.74. The van der Waals surface area contributed by atoms with Gasteiger partial charge in [-0.3, -0.25) is 4.79 Å². The zero-order valence-electron chi connectivity index (χ0n) is 9.92. The smallest absolute Gasteiger partial charge is 0.341 e. The Morgan fingerprint density at radius 1 is 1.21 bits per heavy atom. The Balaban J connectivity index is 1.95. The summed E-state index contributed by atoms with van der Waals surface area (Å²) in [6.45, 7) is -0.395. The van der Waals surface area contributed by atoms with E-state index in [1.807, 2.05) is 0 Å². The van der Waals surface area contributed by atoms with E-state index in [0.29, 0.717) is 17.1 Å². The van der Waals surface area contributed by atoms with Crippen molar-refractivity contribution in [1.29, 1.82) is 0 Å². The Morgan fingerprint density at radius 3 is 2.53 bits per heavy atom. The van der Waals surface area contributed by atoms with Gasteiger partial charge < -0.3 is 20.1 Å². The summed E-state index contributed by atoms with van der Waals surface area (Å²) in [5.74, 6) is -0.853. The number of hydrogen-bond acceptors (Lipinski definition) is 3. The third kappa shape index (κ3) is 3.60. The normalized spacial score (nSPS) is 9.89. The number of anilines is 1. The lowest BCUT2D eigenvalue weighted by Gasteiger charge is -2.06. The maximum Gasteiger partial charge on any atom is 0.341 e. The van der Waals surface area contributed by atoms with Gasteiger partial charge in [0.25, 0.3) is 5.91 Å². The number of carbonyl (C=O) groups is 2. The van der Waals surface area contributed by atoms with Crippen LogP contribution in [0.2, 0.25) is 0 Å². The molecule has 0 bridgehead atoms. The second-order valence-electron chi connectivity index (χ2n) is 3.74. The highest BCUT2D eigenvalue weighted by Crippen LogP contribution is 2.16. The van der Waals surface area contributed by atoms with Crippen molar-refractivity contribution in [2.24, 2.45) is 0 Å². The first-order chi connectivity index (χ1) is 9.15. The van der Waals surface area contributed by atoms with Crippen molar-refractivity contribution in [3.8, 4) is 5.75 Å². The van der Waals surface area contributed by atoms with Crippen LogP contribution in [-0.4, -0.2) is 28.6 Å². The molecule has 1 aromatic heterocycles. The number of carboxylic acids is 1. The van der Waals surface area contributed by atoms with Crippen molar-refractivity contribution in [2.45, 2.75) is 0 Å². The van der Waals surface area contributed by atoms with E-state index >= 15 is 0 Å². The molecule has 2 aromatic rings. The molecule has 0 aliphatic carbocycles. The van der Waals surface area contributed by atoms with Gasteiger partial charge in [0.05, 0.1) is 0 Å². The van der Waals surface area contributed by atoms with Gasteiger partial charge in [0.15, 0.2) is 6.61 Å². The molecule has 0 aliphatic heterocycles. The van der Waals surface area contributed by atoms with E-state index in [1.165, 1.54) is 0 Å². The Kier molecular flexibility index (Phi) is 3.82. The summed E-state index contributed by atoms with van der Waals surface area (Å²) >= 11 is 0. The number of aliphatic carboxylic acids is 1. The molecule has 1 heterocycles. The van der Waals surface area contributed by atoms with Gasteiger partial charge in [0, 0.05) is 11.9 Å². The first-order valence-corrected chi connectivity index (χ1v) is 5.54. The van der Waals surface area contributed by atoms with E-state index in [0.717, 1.165) is 0 Å². The van der Waals surface area contributed by atoms with Crippen LogP contribution in [0.15, 0.2) is 42.6 Å². The number of amides is 1. The Hall–Kier alpha value is -2.76. The van der Waals surface area contributed by atoms with Crippen LogP contribution in [0.25, 0.3) is 0 Å². The molecule has 98 valence electrons. The summed E-state index contributed by atoms with van der Waals surface area (Å²) in [7, 11) is 0. The number of nitrogens with one attached hydrogen (secondary N) is 2. The van der Waals surface area contributed by atoms with E-state index in [9.17, 15) is 9.59 Å². The third-order valence-corrected chi connectivity index (χ3v) is 2.32. The first kappa shape index (κ1) is 12.7. The average Bonchev–Trinajstić information content (AvgIpc) is 2.92. The number of benzene rings is 1. The first-order valence-electron chi connectivity index (χ1n) is 5.54. The number of aromatic nitrogens is 1. The number of carboxylic acid groups (broad SMARTS) is 1. The lowest BCUT2D eigenvalue weighted by atomic mass is 10.3. The minimum Gasteiger partial charge on any atom is -0.482 e. The van der Waals surface area contributed by atoms with E-state index in [-0.39, 0.29) is 5.91 Å². The van der Waals surface area contributed by atoms with E-state index in [1.54, 1.807) is 42.6 Å². The molecule has 3 N–H and O–H groups in total. The van der Waals surface area contributed by atoms with Crippen LogP contribution in [0.5, 0.6) is 5.75 Å². The van der Waals surface area contributed by atoms with Gasteiger partial charge in [-0.05, 0) is 36.4 Å². The van der Waals surface area contributed by atoms with E-state index < -0.39 is 12.6 Å². The zero-order valence-corrected chi connectivity index (χ0v) is 9.92. The predicted octanol–water partition coefficient (Wildman–Crippen LogP) is 1.73. The SMILES string of the molecule is O=C(O)COc1ccc(NC(=O)c2ccc[nH]2)cc1. The summed E-state index contributed by atoms with van der Waals surface area (Å²) in [5.41, 5.74) is 1.06. The monoisotopic (exact) mass is 260 g/mol. The van der Waals surface area contributed by atoms with Crippen molar-refractivity contribution in [1.82, 2.24) is 4.98 Å². The standard InChI is InChI=1S/C13H12N2O4/c16-12(17)8-19-10-5-3-9(4-6-10)15-13(18)11-2-1-7-14-11/h1-7,14H,8H2,(H,15,18)(H,16,17). The average molecular weight is 260 g/mol. The van der Waals surface area contributed by atoms with Crippen molar-refractivity contribution < 1.29 is 19.4 Å². The molecule has 6 heteroatoms. The molecule has 0 saturated carbocycles. The van der Waals surface area contributed by atoms with E-state index in [2.05, 4.69) is 10.3 Å². The number of H-pyrrole nitrogens is 1. The van der Waals surface area contributed by atoms with Gasteiger partial charge in [0.2, 0.25) is 0 Å². The molecular formula is C13H12N2O4. The Morgan fingerprint density at radius 2 is 1.95 bits per heavy atom. The highest BCUT2D eigenvalue weighted by Gasteiger charge is 2.06. The summed E-state index contributed by atoms with van der Waals surface area (Å²) < 4.78 is 4.98. The summed E-state index contributed by atoms with van der Waals surface area (Å²) in [6.07, 6.45) is 1.66. The number of carbonyl (C=O) groups excluding carboxylic acids is 1. The zero-order chi connectivity index (χ0) is 13.7. The van der Waals surface area contributed by atoms with Gasteiger partial charge in [-0.2, -0.15) is 0 Å². The fourth-order valence-corrected chi connectivity index (χ4v) is 1.45. The fourth-order valence-electron chi connectivity index (χ4n) is 1.45. The Labute approximate surface area is 109 Å². The molecular weight excluding hydrogens is 248 g/mol. The van der Waals surface area contributed by atoms with Crippen LogP contribution in [0.4, 0.5) is 5.69 Å². The maximum absolute atomic E-state index is 11.7. The van der Waals surface area contributed by atoms with Gasteiger partial charge in [0.1, 0.15) is 11.4 Å². The number of hydrogen-bond donors (Lipinski definition) is 3. The van der Waals surface area contributed by atoms with E-state index in [4.69, 9.17) is 9.84 Å². The molecule has 19 heavy (non-hydrogen) atoms. The van der Waals surface area contributed by atoms with Crippen LogP contribution in [0.1, 0.15) is 10.5 Å². The molecule has 0 saturated heterocycles. The molecule has 1 amide bonds. The lowest BCUT2D eigenvalue weighted by molar-refractivity contribution is -0.139. The molecule has 2 rings (SSSR count). The topological polar surface area (TPSA) is 91.4 Å². The van der Waals surface area contributed by atoms with Crippen molar-refractivity contribution in [2.75, 3.05) is 11.9 Å². The molecule has 0 fully saturated rings. The van der Waals surface area contributed by atoms with Gasteiger partial charge >= 0.3 is 5.97 Å². The summed E-state index contributed by atoms with van der Waals surface area (Å²) in [4.78, 5) is 24.9. The van der Waals surface area contributed by atoms with Gasteiger partial charge in [-0.1, -0.05) is 0 Å². The number of rotatable bonds is 5. The number of ether oxygens (including phenoxy) is 1. The summed E-state index contributed by atoms with van der Waals surface area (Å²) in [5, 5.41) is 11.2. The molecule has 0 unspecified atom stereocenters. The maximum atomic E-state index is 11.7. The Bertz CT molecular complexity index is 561. The summed E-state index contributed by atoms with van der Waals surface area (Å²) in [6, 6.07) is 9.86. The highest BCUT2D eigenvalue weighted by atomic mass is 16.5. The van der Waals surface area contributed by atoms with Crippen molar-refractivity contribution in [3.63, 3.8) is 0 Å². The van der Waals surface area contributed by atoms with Gasteiger partial charge in [-0.15, -0.1) is 0 Å². The largest absolute Gasteiger partial charge is 0.482 e. The molecule has 6 nitrogen and oxygen atoms in total. The van der Waals surface area contributed by atoms with Crippen LogP contribution < -0.4 is 10.1 Å². The minimum atomic E-state index is -1.04. The molecule has 1 aromatic carbocycles. The molecule has 0 spiro atoms. The predicted molar refractivity (Wildman–Crippen MR) is 68.3 cm³/mol. The minimum absolute atomic E-state index is 0.246. The van der Waals surface area contributed by atoms with Crippen LogP contribution in [0, 0.1) is 0 Å². The molecule has 0 radical (unpaired) electrons. The van der Waals surface area contributed by atoms with Crippen molar-refractivity contribution in [3.05, 3.63) is 48.3 Å². The lowest BCUT2D eigenvalue weighted by Crippen LogP contribution is -2.12. The second kappa shape index (κ2) is 5.72. The third-order valence-electron chi connectivity index (χ3n) is 2.32. The van der Waals surface area contributed by atoms with Crippen LogP contribution >= 0.6 is 0 Å². The highest BCUT2D eigenvalue weighted by molar-refractivity contribution is 6.02. The fraction of sp³-hybridized carbons (Fsp3) is 0.0769. The number of aromatic amines is 1. The quantitative estimate of drug-likeness (QED) is 0.763. The van der Waals surface area contributed by atoms with Crippen LogP contribution in [0.3, 0.4) is 0 Å².